The molecule has 1 aliphatic rings. The van der Waals surface area contributed by atoms with Gasteiger partial charge in [0.25, 0.3) is 0 Å². The largest absolute Gasteiger partial charge is 0.337 e. The summed E-state index contributed by atoms with van der Waals surface area (Å²) in [5.74, 6) is -0.448. The number of nitro groups is 1. The van der Waals surface area contributed by atoms with Gasteiger partial charge in [0, 0.05) is 35.4 Å². The van der Waals surface area contributed by atoms with Crippen LogP contribution < -0.4 is 5.32 Å². The SMILES string of the molecule is CC(=O)N1CCc2c(sc(NC(=O)C=Cc3ccc([N+](=O)[O-])s3)c2C#N)C1. The zero-order valence-corrected chi connectivity index (χ0v) is 15.9. The number of rotatable bonds is 4. The normalized spacial score (nSPS) is 13.3. The van der Waals surface area contributed by atoms with E-state index in [-0.39, 0.29) is 10.9 Å². The van der Waals surface area contributed by atoms with Crippen molar-refractivity contribution in [2.24, 2.45) is 0 Å². The molecule has 0 fully saturated rings. The van der Waals surface area contributed by atoms with E-state index < -0.39 is 10.8 Å². The zero-order valence-electron chi connectivity index (χ0n) is 14.2. The van der Waals surface area contributed by atoms with Crippen molar-refractivity contribution in [1.82, 2.24) is 4.90 Å². The van der Waals surface area contributed by atoms with Crippen molar-refractivity contribution in [2.75, 3.05) is 11.9 Å². The summed E-state index contributed by atoms with van der Waals surface area (Å²) in [6, 6.07) is 5.08. The maximum atomic E-state index is 12.2. The molecule has 0 radical (unpaired) electrons. The number of thiophene rings is 2. The molecular weight excluding hydrogens is 388 g/mol. The highest BCUT2D eigenvalue weighted by Gasteiger charge is 2.26. The Morgan fingerprint density at radius 2 is 2.19 bits per heavy atom. The molecule has 8 nitrogen and oxygen atoms in total. The van der Waals surface area contributed by atoms with Crippen LogP contribution in [0.5, 0.6) is 0 Å². The molecule has 138 valence electrons. The van der Waals surface area contributed by atoms with Crippen LogP contribution in [0.25, 0.3) is 6.08 Å². The second-order valence-electron chi connectivity index (χ2n) is 5.77. The van der Waals surface area contributed by atoms with E-state index in [1.165, 1.54) is 36.5 Å². The van der Waals surface area contributed by atoms with Crippen molar-refractivity contribution in [1.29, 1.82) is 5.26 Å². The van der Waals surface area contributed by atoms with Crippen molar-refractivity contribution < 1.29 is 14.5 Å². The first-order chi connectivity index (χ1) is 12.9. The van der Waals surface area contributed by atoms with Gasteiger partial charge in [-0.15, -0.1) is 11.3 Å². The van der Waals surface area contributed by atoms with Crippen LogP contribution in [0.4, 0.5) is 10.0 Å². The lowest BCUT2D eigenvalue weighted by Crippen LogP contribution is -2.33. The number of anilines is 1. The molecule has 1 aliphatic heterocycles. The van der Waals surface area contributed by atoms with Gasteiger partial charge in [0.1, 0.15) is 11.1 Å². The Balaban J connectivity index is 1.74. The van der Waals surface area contributed by atoms with Crippen LogP contribution in [0, 0.1) is 21.4 Å². The minimum absolute atomic E-state index is 0.00258. The highest BCUT2D eigenvalue weighted by Crippen LogP contribution is 2.36. The molecule has 0 saturated heterocycles. The molecule has 2 aromatic heterocycles. The smallest absolute Gasteiger partial charge is 0.324 e. The summed E-state index contributed by atoms with van der Waals surface area (Å²) < 4.78 is 0. The number of hydrogen-bond donors (Lipinski definition) is 1. The molecule has 0 unspecified atom stereocenters. The Hall–Kier alpha value is -3.03. The lowest BCUT2D eigenvalue weighted by molar-refractivity contribution is -0.380. The summed E-state index contributed by atoms with van der Waals surface area (Å²) in [7, 11) is 0. The van der Waals surface area contributed by atoms with Gasteiger partial charge in [0.2, 0.25) is 11.8 Å². The maximum absolute atomic E-state index is 12.2. The molecule has 1 N–H and O–H groups in total. The highest BCUT2D eigenvalue weighted by molar-refractivity contribution is 7.17. The van der Waals surface area contributed by atoms with E-state index >= 15 is 0 Å². The first-order valence-electron chi connectivity index (χ1n) is 7.92. The third-order valence-corrected chi connectivity index (χ3v) is 6.18. The predicted molar refractivity (Wildman–Crippen MR) is 102 cm³/mol. The average molecular weight is 402 g/mol. The number of carbonyl (C=O) groups is 2. The zero-order chi connectivity index (χ0) is 19.6. The second kappa shape index (κ2) is 7.69. The molecule has 2 amide bonds. The molecule has 2 aromatic rings. The van der Waals surface area contributed by atoms with Crippen LogP contribution in [-0.4, -0.2) is 28.2 Å². The topological polar surface area (TPSA) is 116 Å². The van der Waals surface area contributed by atoms with Crippen molar-refractivity contribution in [3.8, 4) is 6.07 Å². The van der Waals surface area contributed by atoms with Crippen LogP contribution in [0.1, 0.15) is 27.8 Å². The quantitative estimate of drug-likeness (QED) is 0.479. The summed E-state index contributed by atoms with van der Waals surface area (Å²) >= 11 is 2.27. The number of nitrogens with zero attached hydrogens (tertiary/aromatic N) is 3. The number of amides is 2. The van der Waals surface area contributed by atoms with E-state index in [9.17, 15) is 25.0 Å². The fraction of sp³-hybridized carbons (Fsp3) is 0.235. The second-order valence-corrected chi connectivity index (χ2v) is 7.96. The number of nitrogens with one attached hydrogen (secondary N) is 1. The van der Waals surface area contributed by atoms with Crippen molar-refractivity contribution >= 4 is 50.6 Å². The van der Waals surface area contributed by atoms with Gasteiger partial charge in [0.05, 0.1) is 17.0 Å². The summed E-state index contributed by atoms with van der Waals surface area (Å²) in [5.41, 5.74) is 1.32. The Bertz CT molecular complexity index is 999. The van der Waals surface area contributed by atoms with Crippen molar-refractivity contribution in [3.63, 3.8) is 0 Å². The number of fused-ring (bicyclic) bond motifs is 1. The van der Waals surface area contributed by atoms with Crippen molar-refractivity contribution in [2.45, 2.75) is 19.9 Å². The van der Waals surface area contributed by atoms with E-state index in [1.54, 1.807) is 11.0 Å². The predicted octanol–water partition coefficient (Wildman–Crippen LogP) is 3.15. The molecule has 3 rings (SSSR count). The average Bonchev–Trinajstić information content (AvgIpc) is 3.23. The van der Waals surface area contributed by atoms with Crippen LogP contribution >= 0.6 is 22.7 Å². The van der Waals surface area contributed by atoms with Gasteiger partial charge in [-0.1, -0.05) is 11.3 Å². The lowest BCUT2D eigenvalue weighted by atomic mass is 10.0. The molecule has 0 aromatic carbocycles. The summed E-state index contributed by atoms with van der Waals surface area (Å²) in [6.07, 6.45) is 3.35. The van der Waals surface area contributed by atoms with E-state index in [1.807, 2.05) is 0 Å². The third-order valence-electron chi connectivity index (χ3n) is 4.04. The Morgan fingerprint density at radius 1 is 1.41 bits per heavy atom. The number of carbonyl (C=O) groups excluding carboxylic acids is 2. The van der Waals surface area contributed by atoms with E-state index in [4.69, 9.17) is 0 Å². The van der Waals surface area contributed by atoms with E-state index in [0.717, 1.165) is 21.8 Å². The molecule has 0 bridgehead atoms. The highest BCUT2D eigenvalue weighted by atomic mass is 32.1. The van der Waals surface area contributed by atoms with Gasteiger partial charge in [-0.05, 0) is 24.1 Å². The molecule has 10 heteroatoms. The van der Waals surface area contributed by atoms with Crippen LogP contribution in [0.2, 0.25) is 0 Å². The summed E-state index contributed by atoms with van der Waals surface area (Å²) in [6.45, 7) is 2.50. The minimum atomic E-state index is -0.484. The molecular formula is C17H14N4O4S2. The maximum Gasteiger partial charge on any atom is 0.324 e. The van der Waals surface area contributed by atoms with Gasteiger partial charge in [-0.25, -0.2) is 0 Å². The molecule has 27 heavy (non-hydrogen) atoms. The molecule has 0 spiro atoms. The molecule has 0 saturated carbocycles. The first-order valence-corrected chi connectivity index (χ1v) is 9.55. The number of hydrogen-bond acceptors (Lipinski definition) is 7. The van der Waals surface area contributed by atoms with Gasteiger partial charge >= 0.3 is 5.00 Å². The summed E-state index contributed by atoms with van der Waals surface area (Å²) in [5, 5.41) is 23.3. The Kier molecular flexibility index (Phi) is 5.34. The molecule has 0 atom stereocenters. The molecule has 0 aliphatic carbocycles. The minimum Gasteiger partial charge on any atom is -0.337 e. The standard InChI is InChI=1S/C17H14N4O4S2/c1-10(22)20-7-6-12-13(8-18)17(27-14(12)9-20)19-15(23)4-2-11-3-5-16(26-11)21(24)25/h2-5H,6-7,9H2,1H3,(H,19,23). The van der Waals surface area contributed by atoms with Gasteiger partial charge in [-0.3, -0.25) is 19.7 Å². The lowest BCUT2D eigenvalue weighted by Gasteiger charge is -2.25. The Labute approximate surface area is 162 Å². The van der Waals surface area contributed by atoms with Gasteiger partial charge in [-0.2, -0.15) is 5.26 Å². The fourth-order valence-corrected chi connectivity index (χ4v) is 4.66. The van der Waals surface area contributed by atoms with Crippen LogP contribution in [0.3, 0.4) is 0 Å². The number of nitriles is 1. The van der Waals surface area contributed by atoms with E-state index in [0.29, 0.717) is 35.0 Å². The van der Waals surface area contributed by atoms with Gasteiger partial charge < -0.3 is 10.2 Å². The first kappa shape index (κ1) is 18.8. The monoisotopic (exact) mass is 402 g/mol. The van der Waals surface area contributed by atoms with Crippen LogP contribution in [0.15, 0.2) is 18.2 Å². The van der Waals surface area contributed by atoms with E-state index in [2.05, 4.69) is 11.4 Å². The fourth-order valence-electron chi connectivity index (χ4n) is 2.72. The van der Waals surface area contributed by atoms with Gasteiger partial charge in [0.15, 0.2) is 0 Å². The summed E-state index contributed by atoms with van der Waals surface area (Å²) in [4.78, 5) is 37.1. The van der Waals surface area contributed by atoms with Crippen LogP contribution in [-0.2, 0) is 22.6 Å². The Morgan fingerprint density at radius 3 is 2.81 bits per heavy atom. The third kappa shape index (κ3) is 4.05. The molecule has 3 heterocycles. The van der Waals surface area contributed by atoms with Crippen molar-refractivity contribution in [3.05, 3.63) is 49.2 Å².